The summed E-state index contributed by atoms with van der Waals surface area (Å²) in [5.41, 5.74) is 0. The van der Waals surface area contributed by atoms with Crippen molar-refractivity contribution in [3.05, 3.63) is 0 Å². The molecule has 0 fully saturated rings. The molecule has 118 valence electrons. The second kappa shape index (κ2) is 8.91. The summed E-state index contributed by atoms with van der Waals surface area (Å²) in [4.78, 5) is 22.2. The van der Waals surface area contributed by atoms with Crippen LogP contribution < -0.4 is 5.32 Å². The fraction of sp³-hybridized carbons (Fsp3) is 0.833. The third kappa shape index (κ3) is 7.44. The molecule has 0 aliphatic carbocycles. The van der Waals surface area contributed by atoms with Crippen LogP contribution in [0.2, 0.25) is 0 Å². The van der Waals surface area contributed by atoms with Gasteiger partial charge in [0.2, 0.25) is 5.91 Å². The number of hydrogen-bond donors (Lipinski definition) is 3. The molecular weight excluding hydrogens is 286 g/mol. The van der Waals surface area contributed by atoms with Crippen LogP contribution in [0.3, 0.4) is 0 Å². The molecule has 0 rings (SSSR count). The minimum Gasteiger partial charge on any atom is -0.480 e. The van der Waals surface area contributed by atoms with Crippen molar-refractivity contribution in [3.8, 4) is 0 Å². The molecule has 0 aromatic rings. The minimum atomic E-state index is -4.78. The molecular formula is C12H23NO6S. The third-order valence-electron chi connectivity index (χ3n) is 3.14. The van der Waals surface area contributed by atoms with E-state index in [2.05, 4.69) is 12.2 Å². The smallest absolute Gasteiger partial charge is 0.324 e. The molecule has 0 aromatic heterocycles. The first-order valence-electron chi connectivity index (χ1n) is 6.68. The molecule has 3 N–H and O–H groups in total. The van der Waals surface area contributed by atoms with Crippen molar-refractivity contribution in [3.63, 3.8) is 0 Å². The molecule has 0 spiro atoms. The number of carbonyl (C=O) groups excluding carboxylic acids is 1. The highest BCUT2D eigenvalue weighted by molar-refractivity contribution is 7.87. The van der Waals surface area contributed by atoms with E-state index < -0.39 is 33.7 Å². The summed E-state index contributed by atoms with van der Waals surface area (Å²) >= 11 is 0. The molecule has 0 bridgehead atoms. The van der Waals surface area contributed by atoms with E-state index in [4.69, 9.17) is 9.66 Å². The zero-order valence-electron chi connectivity index (χ0n) is 11.8. The maximum absolute atomic E-state index is 11.5. The van der Waals surface area contributed by atoms with Crippen molar-refractivity contribution in [1.29, 1.82) is 0 Å². The third-order valence-corrected chi connectivity index (χ3v) is 4.22. The van der Waals surface area contributed by atoms with Gasteiger partial charge in [0, 0.05) is 6.54 Å². The van der Waals surface area contributed by atoms with E-state index in [0.29, 0.717) is 6.54 Å². The van der Waals surface area contributed by atoms with Crippen LogP contribution in [0.5, 0.6) is 0 Å². The van der Waals surface area contributed by atoms with Crippen LogP contribution in [0.1, 0.15) is 46.0 Å². The summed E-state index contributed by atoms with van der Waals surface area (Å²) < 4.78 is 30.4. The zero-order chi connectivity index (χ0) is 15.8. The van der Waals surface area contributed by atoms with Crippen LogP contribution in [0, 0.1) is 5.92 Å². The lowest BCUT2D eigenvalue weighted by atomic mass is 9.99. The topological polar surface area (TPSA) is 121 Å². The Hall–Kier alpha value is -1.15. The average molecular weight is 309 g/mol. The van der Waals surface area contributed by atoms with Gasteiger partial charge in [0.25, 0.3) is 10.1 Å². The Morgan fingerprint density at radius 3 is 2.25 bits per heavy atom. The molecule has 0 saturated carbocycles. The first kappa shape index (κ1) is 18.9. The summed E-state index contributed by atoms with van der Waals surface area (Å²) in [6, 6.07) is 0. The maximum Gasteiger partial charge on any atom is 0.324 e. The van der Waals surface area contributed by atoms with E-state index in [1.165, 1.54) is 0 Å². The van der Waals surface area contributed by atoms with Crippen LogP contribution in [-0.2, 0) is 19.7 Å². The number of nitrogens with one attached hydrogen (secondary N) is 1. The summed E-state index contributed by atoms with van der Waals surface area (Å²) in [7, 11) is -4.78. The minimum absolute atomic E-state index is 0.285. The maximum atomic E-state index is 11.5. The SMILES string of the molecule is CCCCC(CC)CNC(=O)CC(C(=O)O)S(=O)(=O)O. The number of carboxylic acid groups (broad SMARTS) is 1. The number of unbranched alkanes of at least 4 members (excludes halogenated alkanes) is 1. The highest BCUT2D eigenvalue weighted by Gasteiger charge is 2.33. The Morgan fingerprint density at radius 1 is 1.25 bits per heavy atom. The number of hydrogen-bond acceptors (Lipinski definition) is 4. The van der Waals surface area contributed by atoms with Gasteiger partial charge in [-0.1, -0.05) is 33.1 Å². The zero-order valence-corrected chi connectivity index (χ0v) is 12.6. The van der Waals surface area contributed by atoms with Gasteiger partial charge in [0.1, 0.15) is 0 Å². The Labute approximate surface area is 119 Å². The van der Waals surface area contributed by atoms with Gasteiger partial charge in [-0.25, -0.2) is 0 Å². The molecule has 1 amide bonds. The normalized spacial score (nSPS) is 14.6. The van der Waals surface area contributed by atoms with Gasteiger partial charge in [-0.3, -0.25) is 14.1 Å². The highest BCUT2D eigenvalue weighted by atomic mass is 32.2. The lowest BCUT2D eigenvalue weighted by molar-refractivity contribution is -0.138. The van der Waals surface area contributed by atoms with E-state index in [0.717, 1.165) is 25.7 Å². The van der Waals surface area contributed by atoms with E-state index in [1.807, 2.05) is 6.92 Å². The van der Waals surface area contributed by atoms with Gasteiger partial charge in [0.15, 0.2) is 5.25 Å². The molecule has 2 unspecified atom stereocenters. The van der Waals surface area contributed by atoms with Crippen molar-refractivity contribution in [1.82, 2.24) is 5.32 Å². The molecule has 8 heteroatoms. The number of amides is 1. The Balaban J connectivity index is 4.37. The Morgan fingerprint density at radius 2 is 1.85 bits per heavy atom. The van der Waals surface area contributed by atoms with E-state index in [9.17, 15) is 18.0 Å². The monoisotopic (exact) mass is 309 g/mol. The van der Waals surface area contributed by atoms with E-state index in [1.54, 1.807) is 0 Å². The van der Waals surface area contributed by atoms with Gasteiger partial charge in [-0.05, 0) is 12.3 Å². The van der Waals surface area contributed by atoms with Gasteiger partial charge in [-0.15, -0.1) is 0 Å². The predicted molar refractivity (Wildman–Crippen MR) is 73.9 cm³/mol. The van der Waals surface area contributed by atoms with Gasteiger partial charge in [0.05, 0.1) is 6.42 Å². The van der Waals surface area contributed by atoms with Crippen molar-refractivity contribution in [2.75, 3.05) is 6.54 Å². The Bertz CT molecular complexity index is 420. The van der Waals surface area contributed by atoms with Crippen molar-refractivity contribution < 1.29 is 27.7 Å². The predicted octanol–water partition coefficient (Wildman–Crippen LogP) is 1.05. The largest absolute Gasteiger partial charge is 0.480 e. The molecule has 20 heavy (non-hydrogen) atoms. The molecule has 0 aromatic carbocycles. The highest BCUT2D eigenvalue weighted by Crippen LogP contribution is 2.11. The molecule has 7 nitrogen and oxygen atoms in total. The summed E-state index contributed by atoms with van der Waals surface area (Å²) in [5, 5.41) is 9.09. The molecule has 0 radical (unpaired) electrons. The fourth-order valence-electron chi connectivity index (χ4n) is 1.76. The number of carboxylic acids is 1. The van der Waals surface area contributed by atoms with Crippen LogP contribution in [0.4, 0.5) is 0 Å². The van der Waals surface area contributed by atoms with E-state index >= 15 is 0 Å². The molecule has 0 saturated heterocycles. The Kier molecular flexibility index (Phi) is 8.40. The fourth-order valence-corrected chi connectivity index (χ4v) is 2.38. The van der Waals surface area contributed by atoms with Crippen molar-refractivity contribution in [2.45, 2.75) is 51.2 Å². The van der Waals surface area contributed by atoms with Crippen LogP contribution in [0.25, 0.3) is 0 Å². The standard InChI is InChI=1S/C12H23NO6S/c1-3-5-6-9(4-2)8-13-11(14)7-10(12(15)16)20(17,18)19/h9-10H,3-8H2,1-2H3,(H,13,14)(H,15,16)(H,17,18,19). The summed E-state index contributed by atoms with van der Waals surface area (Å²) in [6.45, 7) is 4.44. The first-order valence-corrected chi connectivity index (χ1v) is 8.18. The molecule has 0 aliphatic rings. The van der Waals surface area contributed by atoms with Crippen LogP contribution >= 0.6 is 0 Å². The van der Waals surface area contributed by atoms with Crippen molar-refractivity contribution >= 4 is 22.0 Å². The van der Waals surface area contributed by atoms with Gasteiger partial charge < -0.3 is 10.4 Å². The molecule has 0 heterocycles. The van der Waals surface area contributed by atoms with Gasteiger partial charge >= 0.3 is 5.97 Å². The van der Waals surface area contributed by atoms with Crippen LogP contribution in [0.15, 0.2) is 0 Å². The van der Waals surface area contributed by atoms with Crippen LogP contribution in [-0.4, -0.2) is 41.7 Å². The van der Waals surface area contributed by atoms with Gasteiger partial charge in [-0.2, -0.15) is 8.42 Å². The number of aliphatic carboxylic acids is 1. The summed E-state index contributed by atoms with van der Waals surface area (Å²) in [6.07, 6.45) is 3.14. The first-order chi connectivity index (χ1) is 9.22. The number of rotatable bonds is 10. The second-order valence-electron chi connectivity index (χ2n) is 4.77. The average Bonchev–Trinajstić information content (AvgIpc) is 2.34. The number of carbonyl (C=O) groups is 2. The molecule has 2 atom stereocenters. The van der Waals surface area contributed by atoms with Crippen molar-refractivity contribution in [2.24, 2.45) is 5.92 Å². The lowest BCUT2D eigenvalue weighted by Crippen LogP contribution is -2.37. The lowest BCUT2D eigenvalue weighted by Gasteiger charge is -2.16. The molecule has 0 aliphatic heterocycles. The van der Waals surface area contributed by atoms with E-state index in [-0.39, 0.29) is 5.92 Å². The quantitative estimate of drug-likeness (QED) is 0.519. The second-order valence-corrected chi connectivity index (χ2v) is 6.37. The summed E-state index contributed by atoms with van der Waals surface area (Å²) in [5.74, 6) is -2.14.